The molecule has 0 bridgehead atoms. The van der Waals surface area contributed by atoms with Gasteiger partial charge in [0.1, 0.15) is 5.75 Å². The molecule has 0 unspecified atom stereocenters. The van der Waals surface area contributed by atoms with E-state index < -0.39 is 22.1 Å². The first-order chi connectivity index (χ1) is 19.0. The summed E-state index contributed by atoms with van der Waals surface area (Å²) in [6, 6.07) is 11.1. The van der Waals surface area contributed by atoms with Gasteiger partial charge >= 0.3 is 5.97 Å². The first-order valence-electron chi connectivity index (χ1n) is 13.5. The molecule has 0 aromatic heterocycles. The summed E-state index contributed by atoms with van der Waals surface area (Å²) in [6.07, 6.45) is 5.28. The number of carboxylic acids is 1. The number of aryl methyl sites for hydroxylation is 1. The predicted octanol–water partition coefficient (Wildman–Crippen LogP) is 3.72. The first-order valence-corrected chi connectivity index (χ1v) is 15.5. The quantitative estimate of drug-likeness (QED) is 0.376. The number of primary sulfonamides is 1. The summed E-state index contributed by atoms with van der Waals surface area (Å²) in [6.45, 7) is 1.89. The highest BCUT2D eigenvalue weighted by molar-refractivity contribution is 7.92. The molecular weight excluding hydrogens is 556 g/mol. The van der Waals surface area contributed by atoms with Crippen molar-refractivity contribution >= 4 is 33.3 Å². The zero-order chi connectivity index (χ0) is 28.5. The lowest BCUT2D eigenvalue weighted by atomic mass is 9.68. The van der Waals surface area contributed by atoms with Crippen molar-refractivity contribution in [3.8, 4) is 5.75 Å². The molecule has 0 radical (unpaired) electrons. The largest absolute Gasteiger partial charge is 0.490 e. The van der Waals surface area contributed by atoms with Crippen molar-refractivity contribution < 1.29 is 32.9 Å². The number of aromatic carboxylic acids is 1. The number of carboxylic acid groups (broad SMARTS) is 1. The molecule has 40 heavy (non-hydrogen) atoms. The maximum atomic E-state index is 11.8. The molecule has 2 aromatic carbocycles. The molecule has 0 saturated heterocycles. The number of ether oxygens (including phenoxy) is 2. The third-order valence-electron chi connectivity index (χ3n) is 8.50. The summed E-state index contributed by atoms with van der Waals surface area (Å²) < 4.78 is 33.9. The van der Waals surface area contributed by atoms with E-state index in [9.17, 15) is 23.4 Å². The number of aliphatic hydroxyl groups is 1. The van der Waals surface area contributed by atoms with E-state index in [0.29, 0.717) is 30.5 Å². The van der Waals surface area contributed by atoms with E-state index in [-0.39, 0.29) is 36.0 Å². The van der Waals surface area contributed by atoms with E-state index in [2.05, 4.69) is 11.0 Å². The van der Waals surface area contributed by atoms with Crippen LogP contribution in [0.4, 0.5) is 5.69 Å². The van der Waals surface area contributed by atoms with Crippen molar-refractivity contribution in [2.75, 3.05) is 37.8 Å². The van der Waals surface area contributed by atoms with Crippen LogP contribution in [0.1, 0.15) is 47.2 Å². The third-order valence-corrected chi connectivity index (χ3v) is 9.31. The summed E-state index contributed by atoms with van der Waals surface area (Å²) in [5, 5.41) is 27.1. The van der Waals surface area contributed by atoms with Crippen LogP contribution < -0.4 is 14.8 Å². The number of nitrogens with two attached hydrogens (primary N) is 1. The number of anilines is 1. The number of hydrogen-bond acceptors (Lipinski definition) is 7. The van der Waals surface area contributed by atoms with Crippen LogP contribution in [-0.4, -0.2) is 63.6 Å². The van der Waals surface area contributed by atoms with Gasteiger partial charge in [-0.15, -0.1) is 0 Å². The molecule has 1 fully saturated rings. The van der Waals surface area contributed by atoms with Crippen LogP contribution in [0.5, 0.6) is 5.75 Å². The molecule has 2 aliphatic carbocycles. The van der Waals surface area contributed by atoms with Crippen molar-refractivity contribution in [3.63, 3.8) is 0 Å². The Morgan fingerprint density at radius 1 is 1.27 bits per heavy atom. The summed E-state index contributed by atoms with van der Waals surface area (Å²) in [4.78, 5) is 14.1. The van der Waals surface area contributed by atoms with Crippen molar-refractivity contribution in [1.29, 1.82) is 0 Å². The number of sulfonamides is 1. The monoisotopic (exact) mass is 590 g/mol. The molecule has 5 rings (SSSR count). The minimum atomic E-state index is -3.71. The Labute approximate surface area is 239 Å². The molecular formula is C29H35ClN2O7S. The zero-order valence-electron chi connectivity index (χ0n) is 22.2. The average molecular weight is 591 g/mol. The van der Waals surface area contributed by atoms with Crippen molar-refractivity contribution in [2.24, 2.45) is 17.0 Å². The fourth-order valence-electron chi connectivity index (χ4n) is 6.41. The molecule has 1 heterocycles. The van der Waals surface area contributed by atoms with Crippen LogP contribution in [0.15, 0.2) is 47.9 Å². The highest BCUT2D eigenvalue weighted by atomic mass is 35.5. The first kappa shape index (κ1) is 28.9. The minimum absolute atomic E-state index is 0.00546. The van der Waals surface area contributed by atoms with Gasteiger partial charge in [0.25, 0.3) is 0 Å². The van der Waals surface area contributed by atoms with Gasteiger partial charge in [0.15, 0.2) is 0 Å². The average Bonchev–Trinajstić information content (AvgIpc) is 3.02. The summed E-state index contributed by atoms with van der Waals surface area (Å²) in [5.41, 5.74) is 3.13. The number of hydrogen-bond donors (Lipinski definition) is 3. The maximum Gasteiger partial charge on any atom is 0.335 e. The maximum absolute atomic E-state index is 11.8. The van der Waals surface area contributed by atoms with E-state index >= 15 is 0 Å². The second-order valence-electron chi connectivity index (χ2n) is 11.2. The molecule has 4 N–H and O–H groups in total. The van der Waals surface area contributed by atoms with Gasteiger partial charge < -0.3 is 24.6 Å². The van der Waals surface area contributed by atoms with Gasteiger partial charge in [0, 0.05) is 28.9 Å². The normalized spacial score (nSPS) is 25.0. The number of fused-ring (bicyclic) bond motifs is 3. The van der Waals surface area contributed by atoms with Gasteiger partial charge in [-0.05, 0) is 91.5 Å². The highest BCUT2D eigenvalue weighted by Gasteiger charge is 2.44. The lowest BCUT2D eigenvalue weighted by Gasteiger charge is -2.45. The fourth-order valence-corrected chi connectivity index (χ4v) is 6.95. The van der Waals surface area contributed by atoms with Crippen molar-refractivity contribution in [1.82, 2.24) is 0 Å². The topological polar surface area (TPSA) is 139 Å². The SMILES string of the molecule is NS(=O)(=O)/C=C/COC[C@H](O)[C@@H]1CC[C@H]1CN1C[C@@]2(CCCc3cc(Cl)ccc32)COc2ccc(C(=O)O)cc21. The van der Waals surface area contributed by atoms with Gasteiger partial charge in [-0.1, -0.05) is 17.7 Å². The van der Waals surface area contributed by atoms with E-state index in [4.69, 9.17) is 26.2 Å². The lowest BCUT2D eigenvalue weighted by Crippen LogP contribution is -2.50. The minimum Gasteiger partial charge on any atom is -0.490 e. The van der Waals surface area contributed by atoms with Crippen LogP contribution in [0.2, 0.25) is 5.02 Å². The summed E-state index contributed by atoms with van der Waals surface area (Å²) in [7, 11) is -3.71. The summed E-state index contributed by atoms with van der Waals surface area (Å²) in [5.74, 6) is -0.163. The van der Waals surface area contributed by atoms with Gasteiger partial charge in [-0.3, -0.25) is 0 Å². The van der Waals surface area contributed by atoms with Gasteiger partial charge in [0.05, 0.1) is 37.2 Å². The van der Waals surface area contributed by atoms with E-state index in [1.807, 2.05) is 12.1 Å². The van der Waals surface area contributed by atoms with Gasteiger partial charge in [-0.25, -0.2) is 18.4 Å². The van der Waals surface area contributed by atoms with Gasteiger partial charge in [0.2, 0.25) is 10.0 Å². The van der Waals surface area contributed by atoms with Crippen LogP contribution in [0.3, 0.4) is 0 Å². The second-order valence-corrected chi connectivity index (χ2v) is 13.0. The molecule has 3 aliphatic rings. The summed E-state index contributed by atoms with van der Waals surface area (Å²) >= 11 is 6.33. The highest BCUT2D eigenvalue weighted by Crippen LogP contribution is 2.46. The molecule has 11 heteroatoms. The third kappa shape index (κ3) is 6.31. The molecule has 216 valence electrons. The Hall–Kier alpha value is -2.63. The Kier molecular flexibility index (Phi) is 8.45. The van der Waals surface area contributed by atoms with Crippen molar-refractivity contribution in [2.45, 2.75) is 43.6 Å². The molecule has 2 aromatic rings. The molecule has 4 atom stereocenters. The Morgan fingerprint density at radius 2 is 2.10 bits per heavy atom. The number of carbonyl (C=O) groups is 1. The molecule has 1 spiro atoms. The van der Waals surface area contributed by atoms with E-state index in [1.165, 1.54) is 17.2 Å². The van der Waals surface area contributed by atoms with Crippen LogP contribution >= 0.6 is 11.6 Å². The number of benzene rings is 2. The van der Waals surface area contributed by atoms with E-state index in [0.717, 1.165) is 43.2 Å². The molecule has 1 aliphatic heterocycles. The zero-order valence-corrected chi connectivity index (χ0v) is 23.7. The number of nitrogens with zero attached hydrogens (tertiary/aromatic N) is 1. The number of rotatable bonds is 9. The predicted molar refractivity (Wildman–Crippen MR) is 152 cm³/mol. The van der Waals surface area contributed by atoms with Crippen molar-refractivity contribution in [3.05, 3.63) is 69.6 Å². The van der Waals surface area contributed by atoms with Crippen LogP contribution in [-0.2, 0) is 26.6 Å². The fraction of sp³-hybridized carbons (Fsp3) is 0.483. The smallest absolute Gasteiger partial charge is 0.335 e. The second kappa shape index (κ2) is 11.7. The van der Waals surface area contributed by atoms with E-state index in [1.54, 1.807) is 18.2 Å². The number of aliphatic hydroxyl groups excluding tert-OH is 1. The molecule has 9 nitrogen and oxygen atoms in total. The lowest BCUT2D eigenvalue weighted by molar-refractivity contribution is -0.0367. The Bertz CT molecular complexity index is 1400. The Morgan fingerprint density at radius 3 is 2.83 bits per heavy atom. The number of halogens is 1. The molecule has 0 amide bonds. The molecule has 1 saturated carbocycles. The van der Waals surface area contributed by atoms with Crippen LogP contribution in [0, 0.1) is 11.8 Å². The Balaban J connectivity index is 1.37. The van der Waals surface area contributed by atoms with Crippen LogP contribution in [0.25, 0.3) is 0 Å². The van der Waals surface area contributed by atoms with Gasteiger partial charge in [-0.2, -0.15) is 0 Å². The standard InChI is InChI=1S/C29H35ClN2O7S/c30-22-6-8-24-19(13-22)3-1-10-29(24)17-32(25-14-20(28(34)35)5-9-27(25)39-18-29)15-21-4-7-23(21)26(33)16-38-11-2-12-40(31,36)37/h2,5-6,8-9,12-14,21,23,26,33H,1,3-4,7,10-11,15-18H2,(H,34,35)(H2,31,36,37)/b12-2+/t21-,23+,26-,29-/m0/s1.